The highest BCUT2D eigenvalue weighted by atomic mass is 79.9. The average Bonchev–Trinajstić information content (AvgIpc) is 2.34. The molecule has 1 atom stereocenters. The molecule has 5 nitrogen and oxygen atoms in total. The van der Waals surface area contributed by atoms with Crippen molar-refractivity contribution in [3.05, 3.63) is 29.8 Å². The van der Waals surface area contributed by atoms with Crippen LogP contribution in [0.2, 0.25) is 0 Å². The molecule has 0 fully saturated rings. The van der Waals surface area contributed by atoms with Crippen LogP contribution in [0.15, 0.2) is 29.2 Å². The van der Waals surface area contributed by atoms with Crippen molar-refractivity contribution in [3.8, 4) is 0 Å². The van der Waals surface area contributed by atoms with E-state index in [4.69, 9.17) is 5.14 Å². The van der Waals surface area contributed by atoms with E-state index in [2.05, 4.69) is 21.2 Å². The number of sulfonamides is 1. The lowest BCUT2D eigenvalue weighted by Crippen LogP contribution is -2.33. The summed E-state index contributed by atoms with van der Waals surface area (Å²) < 4.78 is 22.4. The Morgan fingerprint density at radius 1 is 1.42 bits per heavy atom. The molecule has 0 heterocycles. The number of hydrogen-bond donors (Lipinski definition) is 2. The molecule has 1 unspecified atom stereocenters. The van der Waals surface area contributed by atoms with Crippen LogP contribution < -0.4 is 10.5 Å². The molecule has 1 amide bonds. The smallest absolute Gasteiger partial charge is 0.238 e. The van der Waals surface area contributed by atoms with Gasteiger partial charge in [0.2, 0.25) is 15.9 Å². The molecule has 1 aromatic rings. The van der Waals surface area contributed by atoms with Crippen molar-refractivity contribution in [1.82, 2.24) is 5.32 Å². The van der Waals surface area contributed by atoms with Crippen LogP contribution in [-0.4, -0.2) is 19.2 Å². The van der Waals surface area contributed by atoms with E-state index in [1.165, 1.54) is 12.1 Å². The van der Waals surface area contributed by atoms with Gasteiger partial charge in [-0.25, -0.2) is 13.6 Å². The summed E-state index contributed by atoms with van der Waals surface area (Å²) in [5.41, 5.74) is 0.684. The molecule has 0 saturated carbocycles. The second kappa shape index (κ2) is 6.49. The predicted molar refractivity (Wildman–Crippen MR) is 77.2 cm³/mol. The highest BCUT2D eigenvalue weighted by Gasteiger charge is 2.18. The summed E-state index contributed by atoms with van der Waals surface area (Å²) in [5.74, 6) is 0.0479. The molecule has 3 N–H and O–H groups in total. The number of nitrogens with one attached hydrogen (secondary N) is 1. The van der Waals surface area contributed by atoms with E-state index in [0.717, 1.165) is 0 Å². The zero-order chi connectivity index (χ0) is 14.6. The molecular weight excluding hydrogens is 332 g/mol. The molecule has 1 aromatic carbocycles. The molecule has 7 heteroatoms. The lowest BCUT2D eigenvalue weighted by molar-refractivity contribution is -0.121. The maximum atomic E-state index is 11.7. The van der Waals surface area contributed by atoms with E-state index in [1.54, 1.807) is 12.1 Å². The number of carbonyl (C=O) groups excluding carboxylic acids is 1. The Morgan fingerprint density at radius 3 is 2.58 bits per heavy atom. The van der Waals surface area contributed by atoms with E-state index in [0.29, 0.717) is 5.56 Å². The lowest BCUT2D eigenvalue weighted by atomic mass is 10.1. The number of nitrogens with two attached hydrogens (primary N) is 1. The van der Waals surface area contributed by atoms with Gasteiger partial charge in [0.15, 0.2) is 0 Å². The van der Waals surface area contributed by atoms with Crippen molar-refractivity contribution in [1.29, 1.82) is 0 Å². The van der Waals surface area contributed by atoms with Gasteiger partial charge in [-0.2, -0.15) is 0 Å². The number of halogens is 1. The molecule has 106 valence electrons. The number of rotatable bonds is 5. The molecule has 0 bridgehead atoms. The number of amides is 1. The fraction of sp³-hybridized carbons (Fsp3) is 0.417. The van der Waals surface area contributed by atoms with E-state index >= 15 is 0 Å². The number of primary sulfonamides is 1. The van der Waals surface area contributed by atoms with Crippen molar-refractivity contribution in [2.24, 2.45) is 11.1 Å². The topological polar surface area (TPSA) is 89.3 Å². The van der Waals surface area contributed by atoms with Crippen LogP contribution in [0.1, 0.15) is 19.4 Å². The highest BCUT2D eigenvalue weighted by molar-refractivity contribution is 9.10. The third-order valence-corrected chi connectivity index (χ3v) is 4.91. The van der Waals surface area contributed by atoms with Crippen LogP contribution >= 0.6 is 15.9 Å². The zero-order valence-electron chi connectivity index (χ0n) is 10.8. The SMILES string of the molecule is CC(C)C(Br)C(=O)NCc1cccc(S(N)(=O)=O)c1. The first-order chi connectivity index (χ1) is 8.71. The van der Waals surface area contributed by atoms with Crippen molar-refractivity contribution in [2.45, 2.75) is 30.1 Å². The van der Waals surface area contributed by atoms with Gasteiger partial charge in [0, 0.05) is 6.54 Å². The molecule has 0 aliphatic rings. The lowest BCUT2D eigenvalue weighted by Gasteiger charge is -2.14. The summed E-state index contributed by atoms with van der Waals surface area (Å²) in [5, 5.41) is 7.78. The van der Waals surface area contributed by atoms with Gasteiger partial charge in [0.05, 0.1) is 9.72 Å². The zero-order valence-corrected chi connectivity index (χ0v) is 13.2. The molecule has 0 saturated heterocycles. The van der Waals surface area contributed by atoms with Crippen molar-refractivity contribution >= 4 is 31.9 Å². The van der Waals surface area contributed by atoms with Crippen LogP contribution in [-0.2, 0) is 21.4 Å². The van der Waals surface area contributed by atoms with Crippen LogP contribution in [0, 0.1) is 5.92 Å². The number of benzene rings is 1. The maximum Gasteiger partial charge on any atom is 0.238 e. The summed E-state index contributed by atoms with van der Waals surface area (Å²) in [6, 6.07) is 6.19. The standard InChI is InChI=1S/C12H17BrN2O3S/c1-8(2)11(13)12(16)15-7-9-4-3-5-10(6-9)19(14,17)18/h3-6,8,11H,7H2,1-2H3,(H,15,16)(H2,14,17,18). The molecular formula is C12H17BrN2O3S. The Kier molecular flexibility index (Phi) is 5.51. The fourth-order valence-corrected chi connectivity index (χ4v) is 2.17. The molecule has 19 heavy (non-hydrogen) atoms. The van der Waals surface area contributed by atoms with Crippen LogP contribution in [0.5, 0.6) is 0 Å². The fourth-order valence-electron chi connectivity index (χ4n) is 1.42. The minimum absolute atomic E-state index is 0.0403. The molecule has 0 aromatic heterocycles. The summed E-state index contributed by atoms with van der Waals surface area (Å²) in [6.45, 7) is 4.12. The van der Waals surface area contributed by atoms with Gasteiger partial charge in [-0.3, -0.25) is 4.79 Å². The van der Waals surface area contributed by atoms with Gasteiger partial charge in [-0.1, -0.05) is 41.9 Å². The first kappa shape index (κ1) is 16.1. The summed E-state index contributed by atoms with van der Waals surface area (Å²) >= 11 is 3.30. The Bertz CT molecular complexity index is 558. The molecule has 0 aliphatic heterocycles. The quantitative estimate of drug-likeness (QED) is 0.787. The third kappa shape index (κ3) is 4.93. The third-order valence-electron chi connectivity index (χ3n) is 2.53. The molecule has 0 aliphatic carbocycles. The van der Waals surface area contributed by atoms with E-state index in [9.17, 15) is 13.2 Å². The molecule has 1 rings (SSSR count). The van der Waals surface area contributed by atoms with Gasteiger partial charge in [0.25, 0.3) is 0 Å². The van der Waals surface area contributed by atoms with Gasteiger partial charge >= 0.3 is 0 Å². The Hall–Kier alpha value is -0.920. The average molecular weight is 349 g/mol. The van der Waals surface area contributed by atoms with E-state index < -0.39 is 10.0 Å². The Morgan fingerprint density at radius 2 is 2.05 bits per heavy atom. The summed E-state index contributed by atoms with van der Waals surface area (Å²) in [4.78, 5) is 11.5. The number of carbonyl (C=O) groups is 1. The first-order valence-corrected chi connectivity index (χ1v) is 8.21. The summed E-state index contributed by atoms with van der Waals surface area (Å²) in [6.07, 6.45) is 0. The minimum atomic E-state index is -3.72. The van der Waals surface area contributed by atoms with Crippen LogP contribution in [0.4, 0.5) is 0 Å². The van der Waals surface area contributed by atoms with Gasteiger partial charge < -0.3 is 5.32 Å². The van der Waals surface area contributed by atoms with E-state index in [1.807, 2.05) is 13.8 Å². The largest absolute Gasteiger partial charge is 0.351 e. The van der Waals surface area contributed by atoms with Gasteiger partial charge in [0.1, 0.15) is 0 Å². The molecule has 0 spiro atoms. The molecule has 0 radical (unpaired) electrons. The second-order valence-corrected chi connectivity index (χ2v) is 7.10. The monoisotopic (exact) mass is 348 g/mol. The Labute approximate surface area is 121 Å². The van der Waals surface area contributed by atoms with Crippen LogP contribution in [0.25, 0.3) is 0 Å². The van der Waals surface area contributed by atoms with Crippen molar-refractivity contribution in [2.75, 3.05) is 0 Å². The summed E-state index contributed by atoms with van der Waals surface area (Å²) in [7, 11) is -3.72. The van der Waals surface area contributed by atoms with E-state index in [-0.39, 0.29) is 28.1 Å². The second-order valence-electron chi connectivity index (χ2n) is 4.56. The van der Waals surface area contributed by atoms with Crippen molar-refractivity contribution < 1.29 is 13.2 Å². The first-order valence-electron chi connectivity index (χ1n) is 5.75. The number of hydrogen-bond acceptors (Lipinski definition) is 3. The van der Waals surface area contributed by atoms with Gasteiger partial charge in [-0.05, 0) is 23.6 Å². The normalized spacial score (nSPS) is 13.3. The number of alkyl halides is 1. The predicted octanol–water partition coefficient (Wildman–Crippen LogP) is 1.37. The highest BCUT2D eigenvalue weighted by Crippen LogP contribution is 2.13. The van der Waals surface area contributed by atoms with Crippen LogP contribution in [0.3, 0.4) is 0 Å². The minimum Gasteiger partial charge on any atom is -0.351 e. The van der Waals surface area contributed by atoms with Crippen molar-refractivity contribution in [3.63, 3.8) is 0 Å². The Balaban J connectivity index is 2.72. The maximum absolute atomic E-state index is 11.7. The van der Waals surface area contributed by atoms with Gasteiger partial charge in [-0.15, -0.1) is 0 Å².